The third-order valence-corrected chi connectivity index (χ3v) is 4.64. The molecule has 1 rings (SSSR count). The number of hydrogen-bond donors (Lipinski definition) is 2. The fraction of sp³-hybridized carbons (Fsp3) is 0.600. The lowest BCUT2D eigenvalue weighted by Crippen LogP contribution is -2.30. The highest BCUT2D eigenvalue weighted by molar-refractivity contribution is 7.89. The van der Waals surface area contributed by atoms with E-state index in [0.717, 1.165) is 24.9 Å². The number of aryl methyl sites for hydroxylation is 1. The fourth-order valence-corrected chi connectivity index (χ4v) is 3.15. The highest BCUT2D eigenvalue weighted by Gasteiger charge is 2.14. The summed E-state index contributed by atoms with van der Waals surface area (Å²) < 4.78 is 31.9. The zero-order valence-corrected chi connectivity index (χ0v) is 13.9. The summed E-state index contributed by atoms with van der Waals surface area (Å²) >= 11 is 0. The molecule has 0 fully saturated rings. The van der Waals surface area contributed by atoms with Gasteiger partial charge in [-0.05, 0) is 50.0 Å². The Morgan fingerprint density at radius 1 is 1.24 bits per heavy atom. The van der Waals surface area contributed by atoms with Gasteiger partial charge in [-0.1, -0.05) is 19.1 Å². The third kappa shape index (κ3) is 6.56. The van der Waals surface area contributed by atoms with Gasteiger partial charge in [0.1, 0.15) is 0 Å². The maximum atomic E-state index is 12.2. The highest BCUT2D eigenvalue weighted by Crippen LogP contribution is 2.12. The van der Waals surface area contributed by atoms with Crippen LogP contribution in [0.15, 0.2) is 29.2 Å². The number of hydrogen-bond acceptors (Lipinski definition) is 4. The molecular weight excluding hydrogens is 288 g/mol. The molecule has 0 spiro atoms. The van der Waals surface area contributed by atoms with Gasteiger partial charge in [0.05, 0.1) is 4.90 Å². The van der Waals surface area contributed by atoms with Crippen molar-refractivity contribution in [2.45, 2.75) is 24.7 Å². The van der Waals surface area contributed by atoms with Crippen LogP contribution in [0.3, 0.4) is 0 Å². The van der Waals surface area contributed by atoms with Crippen LogP contribution in [-0.4, -0.2) is 42.3 Å². The molecule has 21 heavy (non-hydrogen) atoms. The number of nitrogens with one attached hydrogen (secondary N) is 2. The van der Waals surface area contributed by atoms with E-state index in [4.69, 9.17) is 4.74 Å². The summed E-state index contributed by atoms with van der Waals surface area (Å²) in [6, 6.07) is 7.08. The number of sulfonamides is 1. The Balaban J connectivity index is 2.58. The van der Waals surface area contributed by atoms with Crippen molar-refractivity contribution in [3.05, 3.63) is 29.8 Å². The van der Waals surface area contributed by atoms with E-state index in [2.05, 4.69) is 10.0 Å². The Hall–Kier alpha value is -0.950. The molecule has 0 bridgehead atoms. The zero-order chi connectivity index (χ0) is 15.7. The van der Waals surface area contributed by atoms with Crippen molar-refractivity contribution < 1.29 is 13.2 Å². The van der Waals surface area contributed by atoms with Crippen molar-refractivity contribution >= 4 is 10.0 Å². The molecule has 0 aliphatic rings. The molecule has 120 valence electrons. The van der Waals surface area contributed by atoms with Gasteiger partial charge in [-0.25, -0.2) is 13.1 Å². The van der Waals surface area contributed by atoms with Gasteiger partial charge in [0, 0.05) is 20.3 Å². The summed E-state index contributed by atoms with van der Waals surface area (Å²) in [4.78, 5) is 0.310. The second-order valence-corrected chi connectivity index (χ2v) is 7.03. The Kier molecular flexibility index (Phi) is 7.88. The molecule has 0 aliphatic heterocycles. The van der Waals surface area contributed by atoms with E-state index in [1.807, 2.05) is 26.1 Å². The number of ether oxygens (including phenoxy) is 1. The topological polar surface area (TPSA) is 67.4 Å². The van der Waals surface area contributed by atoms with Crippen molar-refractivity contribution in [1.82, 2.24) is 10.0 Å². The van der Waals surface area contributed by atoms with Crippen LogP contribution in [0, 0.1) is 5.92 Å². The highest BCUT2D eigenvalue weighted by atomic mass is 32.2. The van der Waals surface area contributed by atoms with E-state index in [1.54, 1.807) is 19.2 Å². The summed E-state index contributed by atoms with van der Waals surface area (Å²) in [6.07, 6.45) is 1.98. The first-order chi connectivity index (χ1) is 9.99. The fourth-order valence-electron chi connectivity index (χ4n) is 1.98. The standard InChI is InChI=1S/C15H26N2O3S/c1-13(12-20-3)11-17-21(18,19)15-8-6-14(7-9-15)5-4-10-16-2/h6-9,13,16-17H,4-5,10-12H2,1-3H3. The minimum Gasteiger partial charge on any atom is -0.384 e. The first-order valence-corrected chi connectivity index (χ1v) is 8.70. The molecule has 1 aromatic rings. The van der Waals surface area contributed by atoms with Crippen LogP contribution in [0.5, 0.6) is 0 Å². The molecule has 6 heteroatoms. The maximum Gasteiger partial charge on any atom is 0.240 e. The quantitative estimate of drug-likeness (QED) is 0.641. The monoisotopic (exact) mass is 314 g/mol. The molecule has 1 aromatic carbocycles. The molecule has 0 heterocycles. The van der Waals surface area contributed by atoms with Crippen molar-refractivity contribution in [3.8, 4) is 0 Å². The van der Waals surface area contributed by atoms with Gasteiger partial charge in [0.15, 0.2) is 0 Å². The number of methoxy groups -OCH3 is 1. The molecule has 2 N–H and O–H groups in total. The van der Waals surface area contributed by atoms with Crippen molar-refractivity contribution in [1.29, 1.82) is 0 Å². The van der Waals surface area contributed by atoms with Crippen molar-refractivity contribution in [3.63, 3.8) is 0 Å². The Labute approximate surface area is 128 Å². The normalized spacial score (nSPS) is 13.3. The predicted molar refractivity (Wildman–Crippen MR) is 84.9 cm³/mol. The van der Waals surface area contributed by atoms with Gasteiger partial charge in [0.25, 0.3) is 0 Å². The van der Waals surface area contributed by atoms with Gasteiger partial charge in [-0.2, -0.15) is 0 Å². The molecule has 0 saturated heterocycles. The van der Waals surface area contributed by atoms with Gasteiger partial charge in [-0.15, -0.1) is 0 Å². The largest absolute Gasteiger partial charge is 0.384 e. The lowest BCUT2D eigenvalue weighted by atomic mass is 10.1. The molecule has 5 nitrogen and oxygen atoms in total. The average Bonchev–Trinajstić information content (AvgIpc) is 2.46. The van der Waals surface area contributed by atoms with E-state index < -0.39 is 10.0 Å². The van der Waals surface area contributed by atoms with Gasteiger partial charge in [-0.3, -0.25) is 0 Å². The van der Waals surface area contributed by atoms with Crippen LogP contribution in [-0.2, 0) is 21.2 Å². The molecule has 1 atom stereocenters. The van der Waals surface area contributed by atoms with Crippen LogP contribution in [0.2, 0.25) is 0 Å². The Bertz CT molecular complexity index is 500. The maximum absolute atomic E-state index is 12.2. The zero-order valence-electron chi connectivity index (χ0n) is 13.1. The van der Waals surface area contributed by atoms with Crippen LogP contribution in [0.25, 0.3) is 0 Å². The summed E-state index contributed by atoms with van der Waals surface area (Å²) in [6.45, 7) is 3.81. The van der Waals surface area contributed by atoms with E-state index >= 15 is 0 Å². The molecule has 0 aliphatic carbocycles. The van der Waals surface area contributed by atoms with Crippen LogP contribution in [0.1, 0.15) is 18.9 Å². The van der Waals surface area contributed by atoms with Gasteiger partial charge < -0.3 is 10.1 Å². The molecule has 0 radical (unpaired) electrons. The first-order valence-electron chi connectivity index (χ1n) is 7.21. The Morgan fingerprint density at radius 3 is 2.48 bits per heavy atom. The van der Waals surface area contributed by atoms with Crippen LogP contribution < -0.4 is 10.0 Å². The summed E-state index contributed by atoms with van der Waals surface area (Å²) in [5, 5.41) is 3.10. The van der Waals surface area contributed by atoms with Crippen molar-refractivity contribution in [2.24, 2.45) is 5.92 Å². The minimum absolute atomic E-state index is 0.144. The minimum atomic E-state index is -3.43. The van der Waals surface area contributed by atoms with E-state index in [-0.39, 0.29) is 5.92 Å². The number of benzene rings is 1. The van der Waals surface area contributed by atoms with Gasteiger partial charge in [0.2, 0.25) is 10.0 Å². The summed E-state index contributed by atoms with van der Waals surface area (Å²) in [5.41, 5.74) is 1.15. The molecule has 0 aromatic heterocycles. The second-order valence-electron chi connectivity index (χ2n) is 5.26. The average molecular weight is 314 g/mol. The summed E-state index contributed by atoms with van der Waals surface area (Å²) in [7, 11) is 0.0980. The predicted octanol–water partition coefficient (Wildman–Crippen LogP) is 1.40. The van der Waals surface area contributed by atoms with Crippen LogP contribution >= 0.6 is 0 Å². The SMILES string of the molecule is CNCCCc1ccc(S(=O)(=O)NCC(C)COC)cc1. The van der Waals surface area contributed by atoms with E-state index in [9.17, 15) is 8.42 Å². The Morgan fingerprint density at radius 2 is 1.90 bits per heavy atom. The first kappa shape index (κ1) is 18.1. The van der Waals surface area contributed by atoms with E-state index in [0.29, 0.717) is 18.0 Å². The van der Waals surface area contributed by atoms with Crippen molar-refractivity contribution in [2.75, 3.05) is 33.9 Å². The number of rotatable bonds is 10. The summed E-state index contributed by atoms with van der Waals surface area (Å²) in [5.74, 6) is 0.144. The smallest absolute Gasteiger partial charge is 0.240 e. The van der Waals surface area contributed by atoms with E-state index in [1.165, 1.54) is 0 Å². The molecule has 1 unspecified atom stereocenters. The third-order valence-electron chi connectivity index (χ3n) is 3.20. The lowest BCUT2D eigenvalue weighted by molar-refractivity contribution is 0.161. The van der Waals surface area contributed by atoms with Crippen LogP contribution in [0.4, 0.5) is 0 Å². The molecule has 0 saturated carbocycles. The molecule has 0 amide bonds. The van der Waals surface area contributed by atoms with Gasteiger partial charge >= 0.3 is 0 Å². The second kappa shape index (κ2) is 9.15. The molecular formula is C15H26N2O3S. The lowest BCUT2D eigenvalue weighted by Gasteiger charge is -2.12.